The second kappa shape index (κ2) is 4.72. The molecule has 0 aliphatic rings. The van der Waals surface area contributed by atoms with Gasteiger partial charge in [-0.2, -0.15) is 0 Å². The predicted molar refractivity (Wildman–Crippen MR) is 60.2 cm³/mol. The summed E-state index contributed by atoms with van der Waals surface area (Å²) in [6, 6.07) is 3.37. The van der Waals surface area contributed by atoms with Crippen LogP contribution in [-0.2, 0) is 4.84 Å². The van der Waals surface area contributed by atoms with Crippen LogP contribution in [0.2, 0.25) is 0 Å². The predicted octanol–water partition coefficient (Wildman–Crippen LogP) is 2.30. The van der Waals surface area contributed by atoms with Crippen molar-refractivity contribution >= 4 is 21.8 Å². The van der Waals surface area contributed by atoms with Crippen molar-refractivity contribution in [2.24, 2.45) is 0 Å². The fraction of sp³-hybridized carbons (Fsp3) is 0.400. The van der Waals surface area contributed by atoms with Gasteiger partial charge in [0.15, 0.2) is 0 Å². The van der Waals surface area contributed by atoms with Crippen LogP contribution in [0.15, 0.2) is 22.9 Å². The Hall–Kier alpha value is -0.940. The van der Waals surface area contributed by atoms with Gasteiger partial charge < -0.3 is 0 Å². The molecule has 0 aliphatic carbocycles. The van der Waals surface area contributed by atoms with Crippen molar-refractivity contribution in [3.63, 3.8) is 0 Å². The lowest BCUT2D eigenvalue weighted by Crippen LogP contribution is -2.33. The largest absolute Gasteiger partial charge is 0.276 e. The quantitative estimate of drug-likeness (QED) is 0.664. The maximum absolute atomic E-state index is 11.5. The molecule has 82 valence electrons. The molecule has 0 fully saturated rings. The molecule has 0 radical (unpaired) electrons. The molecule has 0 saturated carbocycles. The van der Waals surface area contributed by atoms with Gasteiger partial charge in [-0.25, -0.2) is 10.5 Å². The molecule has 0 aliphatic heterocycles. The Kier molecular flexibility index (Phi) is 3.82. The van der Waals surface area contributed by atoms with Gasteiger partial charge in [0.2, 0.25) is 0 Å². The number of carbonyl (C=O) groups is 1. The summed E-state index contributed by atoms with van der Waals surface area (Å²) < 4.78 is 0.691. The zero-order valence-corrected chi connectivity index (χ0v) is 10.5. The maximum Gasteiger partial charge on any atom is 0.276 e. The molecule has 0 bridgehead atoms. The number of carbonyl (C=O) groups excluding carboxylic acids is 1. The Bertz CT molecular complexity index is 343. The molecule has 1 N–H and O–H groups in total. The van der Waals surface area contributed by atoms with Crippen LogP contribution in [0.4, 0.5) is 0 Å². The first kappa shape index (κ1) is 12.1. The van der Waals surface area contributed by atoms with Crippen molar-refractivity contribution in [1.29, 1.82) is 0 Å². The molecule has 1 aromatic heterocycles. The molecule has 0 saturated heterocycles. The van der Waals surface area contributed by atoms with E-state index in [-0.39, 0.29) is 5.91 Å². The summed E-state index contributed by atoms with van der Waals surface area (Å²) in [4.78, 5) is 20.6. The molecule has 1 amide bonds. The molecule has 0 unspecified atom stereocenters. The third-order valence-corrected chi connectivity index (χ3v) is 1.91. The van der Waals surface area contributed by atoms with Crippen LogP contribution in [0.25, 0.3) is 0 Å². The third-order valence-electron chi connectivity index (χ3n) is 1.44. The summed E-state index contributed by atoms with van der Waals surface area (Å²) in [5.74, 6) is -0.301. The minimum absolute atomic E-state index is 0.301. The first-order chi connectivity index (χ1) is 6.88. The van der Waals surface area contributed by atoms with Gasteiger partial charge in [0, 0.05) is 6.20 Å². The average Bonchev–Trinajstić information content (AvgIpc) is 2.14. The van der Waals surface area contributed by atoms with E-state index >= 15 is 0 Å². The maximum atomic E-state index is 11.5. The van der Waals surface area contributed by atoms with Crippen LogP contribution in [0, 0.1) is 0 Å². The van der Waals surface area contributed by atoms with E-state index in [0.29, 0.717) is 10.2 Å². The average molecular weight is 273 g/mol. The summed E-state index contributed by atoms with van der Waals surface area (Å²) in [6.45, 7) is 5.56. The molecule has 0 aromatic carbocycles. The summed E-state index contributed by atoms with van der Waals surface area (Å²) in [5.41, 5.74) is 2.42. The fourth-order valence-corrected chi connectivity index (χ4v) is 1.00. The molecule has 1 heterocycles. The van der Waals surface area contributed by atoms with Crippen LogP contribution in [0.3, 0.4) is 0 Å². The van der Waals surface area contributed by atoms with Crippen molar-refractivity contribution in [1.82, 2.24) is 10.5 Å². The van der Waals surface area contributed by atoms with Crippen LogP contribution in [0.1, 0.15) is 31.1 Å². The first-order valence-electron chi connectivity index (χ1n) is 4.48. The molecule has 4 nitrogen and oxygen atoms in total. The van der Waals surface area contributed by atoms with E-state index in [2.05, 4.69) is 26.4 Å². The van der Waals surface area contributed by atoms with Gasteiger partial charge in [-0.3, -0.25) is 9.63 Å². The normalized spacial score (nSPS) is 11.2. The van der Waals surface area contributed by atoms with E-state index in [4.69, 9.17) is 4.84 Å². The monoisotopic (exact) mass is 272 g/mol. The van der Waals surface area contributed by atoms with Crippen molar-refractivity contribution in [3.05, 3.63) is 28.5 Å². The van der Waals surface area contributed by atoms with E-state index in [1.807, 2.05) is 20.8 Å². The van der Waals surface area contributed by atoms with Gasteiger partial charge in [0.1, 0.15) is 4.60 Å². The van der Waals surface area contributed by atoms with Gasteiger partial charge in [-0.05, 0) is 48.8 Å². The van der Waals surface area contributed by atoms with E-state index in [9.17, 15) is 4.79 Å². The van der Waals surface area contributed by atoms with E-state index in [1.165, 1.54) is 6.20 Å². The Balaban J connectivity index is 2.58. The molecule has 0 spiro atoms. The highest BCUT2D eigenvalue weighted by Gasteiger charge is 2.13. The molecule has 0 atom stereocenters. The van der Waals surface area contributed by atoms with Crippen LogP contribution < -0.4 is 5.48 Å². The lowest BCUT2D eigenvalue weighted by atomic mass is 10.2. The Morgan fingerprint density at radius 1 is 1.47 bits per heavy atom. The van der Waals surface area contributed by atoms with Gasteiger partial charge in [-0.15, -0.1) is 0 Å². The number of rotatable bonds is 2. The van der Waals surface area contributed by atoms with Gasteiger partial charge in [0.25, 0.3) is 5.91 Å². The molecular formula is C10H13BrN2O2. The van der Waals surface area contributed by atoms with Crippen LogP contribution in [-0.4, -0.2) is 16.5 Å². The standard InChI is InChI=1S/C10H13BrN2O2/c1-10(2,3)15-13-9(14)7-4-5-8(11)12-6-7/h4-6H,1-3H3,(H,13,14). The Labute approximate surface area is 97.1 Å². The molecule has 1 aromatic rings. The summed E-state index contributed by atoms with van der Waals surface area (Å²) in [6.07, 6.45) is 1.48. The van der Waals surface area contributed by atoms with E-state index in [1.54, 1.807) is 12.1 Å². The molecule has 1 rings (SSSR count). The van der Waals surface area contributed by atoms with Gasteiger partial charge in [0.05, 0.1) is 11.2 Å². The van der Waals surface area contributed by atoms with E-state index < -0.39 is 5.60 Å². The molecular weight excluding hydrogens is 260 g/mol. The van der Waals surface area contributed by atoms with Crippen molar-refractivity contribution < 1.29 is 9.63 Å². The number of hydrogen-bond acceptors (Lipinski definition) is 3. The smallest absolute Gasteiger partial charge is 0.268 e. The number of nitrogens with one attached hydrogen (secondary N) is 1. The summed E-state index contributed by atoms with van der Waals surface area (Å²) in [7, 11) is 0. The highest BCUT2D eigenvalue weighted by atomic mass is 79.9. The lowest BCUT2D eigenvalue weighted by Gasteiger charge is -2.18. The second-order valence-electron chi connectivity index (χ2n) is 4.02. The van der Waals surface area contributed by atoms with Crippen molar-refractivity contribution in [2.45, 2.75) is 26.4 Å². The summed E-state index contributed by atoms with van der Waals surface area (Å²) >= 11 is 3.19. The summed E-state index contributed by atoms with van der Waals surface area (Å²) in [5, 5.41) is 0. The molecule has 5 heteroatoms. The van der Waals surface area contributed by atoms with Crippen LogP contribution >= 0.6 is 15.9 Å². The van der Waals surface area contributed by atoms with Gasteiger partial charge >= 0.3 is 0 Å². The highest BCUT2D eigenvalue weighted by molar-refractivity contribution is 9.10. The zero-order chi connectivity index (χ0) is 11.5. The minimum atomic E-state index is -0.404. The number of amides is 1. The third kappa shape index (κ3) is 4.40. The number of hydrogen-bond donors (Lipinski definition) is 1. The molecule has 15 heavy (non-hydrogen) atoms. The SMILES string of the molecule is CC(C)(C)ONC(=O)c1ccc(Br)nc1. The minimum Gasteiger partial charge on any atom is -0.268 e. The number of pyridine rings is 1. The Morgan fingerprint density at radius 3 is 2.60 bits per heavy atom. The topological polar surface area (TPSA) is 51.2 Å². The van der Waals surface area contributed by atoms with Crippen molar-refractivity contribution in [2.75, 3.05) is 0 Å². The highest BCUT2D eigenvalue weighted by Crippen LogP contribution is 2.08. The van der Waals surface area contributed by atoms with E-state index in [0.717, 1.165) is 0 Å². The van der Waals surface area contributed by atoms with Crippen molar-refractivity contribution in [3.8, 4) is 0 Å². The van der Waals surface area contributed by atoms with Gasteiger partial charge in [-0.1, -0.05) is 0 Å². The first-order valence-corrected chi connectivity index (χ1v) is 5.28. The number of aromatic nitrogens is 1. The lowest BCUT2D eigenvalue weighted by molar-refractivity contribution is -0.0589. The number of hydroxylamine groups is 1. The number of nitrogens with zero attached hydrogens (tertiary/aromatic N) is 1. The van der Waals surface area contributed by atoms with Crippen LogP contribution in [0.5, 0.6) is 0 Å². The number of halogens is 1. The fourth-order valence-electron chi connectivity index (χ4n) is 0.769. The zero-order valence-electron chi connectivity index (χ0n) is 8.87. The second-order valence-corrected chi connectivity index (χ2v) is 4.83. The Morgan fingerprint density at radius 2 is 2.13 bits per heavy atom.